The molecule has 0 aliphatic heterocycles. The quantitative estimate of drug-likeness (QED) is 0.918. The Morgan fingerprint density at radius 3 is 2.78 bits per heavy atom. The molecule has 0 saturated heterocycles. The minimum absolute atomic E-state index is 0.167. The van der Waals surface area contributed by atoms with Gasteiger partial charge in [-0.25, -0.2) is 0 Å². The molecule has 2 heterocycles. The number of nitrogens with one attached hydrogen (secondary N) is 1. The largest absolute Gasteiger partial charge is 0.307 e. The maximum Gasteiger partial charge on any atom is 0.0670 e. The number of rotatable bonds is 4. The molecular weight excluding hydrogens is 242 g/mol. The van der Waals surface area contributed by atoms with Crippen molar-refractivity contribution in [2.24, 2.45) is 0 Å². The van der Waals surface area contributed by atoms with Crippen LogP contribution < -0.4 is 5.32 Å². The number of nitrogens with zero attached hydrogens (tertiary/aromatic N) is 2. The van der Waals surface area contributed by atoms with Crippen LogP contribution in [-0.4, -0.2) is 15.3 Å². The summed E-state index contributed by atoms with van der Waals surface area (Å²) < 4.78 is 1.97. The second kappa shape index (κ2) is 5.24. The molecule has 0 atom stereocenters. The van der Waals surface area contributed by atoms with E-state index >= 15 is 0 Å². The Hall–Kier alpha value is -1.13. The molecule has 0 unspecified atom stereocenters. The normalized spacial score (nSPS) is 12.0. The topological polar surface area (TPSA) is 29.9 Å². The van der Waals surface area contributed by atoms with E-state index in [1.807, 2.05) is 34.5 Å². The van der Waals surface area contributed by atoms with Gasteiger partial charge in [0, 0.05) is 34.2 Å². The van der Waals surface area contributed by atoms with Gasteiger partial charge in [-0.2, -0.15) is 5.10 Å². The summed E-state index contributed by atoms with van der Waals surface area (Å²) >= 11 is 1.87. The number of thiophene rings is 1. The first-order chi connectivity index (χ1) is 8.44. The Morgan fingerprint density at radius 2 is 2.17 bits per heavy atom. The van der Waals surface area contributed by atoms with E-state index in [0.717, 1.165) is 13.1 Å². The summed E-state index contributed by atoms with van der Waals surface area (Å²) in [6, 6.07) is 4.25. The van der Waals surface area contributed by atoms with E-state index in [4.69, 9.17) is 0 Å². The lowest BCUT2D eigenvalue weighted by atomic mass is 10.1. The Morgan fingerprint density at radius 1 is 1.39 bits per heavy atom. The van der Waals surface area contributed by atoms with Gasteiger partial charge in [-0.15, -0.1) is 11.3 Å². The lowest BCUT2D eigenvalue weighted by Crippen LogP contribution is -2.34. The molecule has 0 aliphatic rings. The van der Waals surface area contributed by atoms with Gasteiger partial charge in [0.25, 0.3) is 0 Å². The van der Waals surface area contributed by atoms with Gasteiger partial charge >= 0.3 is 0 Å². The lowest BCUT2D eigenvalue weighted by Gasteiger charge is -2.19. The van der Waals surface area contributed by atoms with E-state index in [9.17, 15) is 0 Å². The van der Waals surface area contributed by atoms with Gasteiger partial charge in [-0.05, 0) is 45.4 Å². The zero-order valence-electron chi connectivity index (χ0n) is 11.5. The molecule has 4 heteroatoms. The molecule has 3 nitrogen and oxygen atoms in total. The van der Waals surface area contributed by atoms with Crippen molar-refractivity contribution in [3.05, 3.63) is 39.8 Å². The molecule has 0 aliphatic carbocycles. The van der Waals surface area contributed by atoms with Gasteiger partial charge in [0.1, 0.15) is 0 Å². The number of aryl methyl sites for hydroxylation is 1. The number of hydrogen-bond acceptors (Lipinski definition) is 3. The first-order valence-electron chi connectivity index (χ1n) is 6.25. The molecule has 2 aromatic rings. The fourth-order valence-corrected chi connectivity index (χ4v) is 2.75. The van der Waals surface area contributed by atoms with Crippen molar-refractivity contribution >= 4 is 11.3 Å². The van der Waals surface area contributed by atoms with Crippen molar-refractivity contribution in [1.82, 2.24) is 15.1 Å². The lowest BCUT2D eigenvalue weighted by molar-refractivity contribution is 0.426. The predicted octanol–water partition coefficient (Wildman–Crippen LogP) is 3.19. The Bertz CT molecular complexity index is 492. The molecule has 0 aromatic carbocycles. The first kappa shape index (κ1) is 13.3. The zero-order chi connectivity index (χ0) is 13.2. The molecule has 98 valence electrons. The van der Waals surface area contributed by atoms with Crippen LogP contribution in [0.2, 0.25) is 0 Å². The third-order valence-corrected chi connectivity index (χ3v) is 3.85. The van der Waals surface area contributed by atoms with Crippen LogP contribution >= 0.6 is 11.3 Å². The minimum atomic E-state index is 0.167. The van der Waals surface area contributed by atoms with Crippen LogP contribution in [0.3, 0.4) is 0 Å². The van der Waals surface area contributed by atoms with Crippen molar-refractivity contribution in [2.45, 2.75) is 46.3 Å². The summed E-state index contributed by atoms with van der Waals surface area (Å²) in [7, 11) is 0. The van der Waals surface area contributed by atoms with Gasteiger partial charge in [-0.3, -0.25) is 4.68 Å². The van der Waals surface area contributed by atoms with Crippen LogP contribution in [0.1, 0.15) is 36.1 Å². The summed E-state index contributed by atoms with van der Waals surface area (Å²) in [5.74, 6) is 0. The number of aromatic nitrogens is 2. The summed E-state index contributed by atoms with van der Waals surface area (Å²) in [4.78, 5) is 2.78. The van der Waals surface area contributed by atoms with Crippen LogP contribution in [-0.2, 0) is 13.1 Å². The second-order valence-corrected chi connectivity index (χ2v) is 6.94. The standard InChI is InChI=1S/C14H21N3S/c1-11-12(10-17-7-5-6-16-17)8-13(18-11)9-15-14(2,3)4/h5-8,15H,9-10H2,1-4H3. The molecule has 0 radical (unpaired) electrons. The van der Waals surface area contributed by atoms with E-state index in [1.165, 1.54) is 15.3 Å². The Kier molecular flexibility index (Phi) is 3.88. The van der Waals surface area contributed by atoms with Crippen LogP contribution in [0.5, 0.6) is 0 Å². The molecule has 2 aromatic heterocycles. The predicted molar refractivity (Wildman–Crippen MR) is 77.0 cm³/mol. The smallest absolute Gasteiger partial charge is 0.0670 e. The van der Waals surface area contributed by atoms with Crippen molar-refractivity contribution in [3.8, 4) is 0 Å². The van der Waals surface area contributed by atoms with Crippen LogP contribution in [0.4, 0.5) is 0 Å². The third-order valence-electron chi connectivity index (χ3n) is 2.76. The summed E-state index contributed by atoms with van der Waals surface area (Å²) in [6.45, 7) is 10.6. The highest BCUT2D eigenvalue weighted by Gasteiger charge is 2.11. The number of hydrogen-bond donors (Lipinski definition) is 1. The highest BCUT2D eigenvalue weighted by Crippen LogP contribution is 2.22. The van der Waals surface area contributed by atoms with Crippen molar-refractivity contribution < 1.29 is 0 Å². The van der Waals surface area contributed by atoms with Crippen LogP contribution in [0, 0.1) is 6.92 Å². The van der Waals surface area contributed by atoms with E-state index in [2.05, 4.69) is 44.2 Å². The fourth-order valence-electron chi connectivity index (χ4n) is 1.75. The summed E-state index contributed by atoms with van der Waals surface area (Å²) in [6.07, 6.45) is 3.83. The molecular formula is C14H21N3S. The SMILES string of the molecule is Cc1sc(CNC(C)(C)C)cc1Cn1cccn1. The van der Waals surface area contributed by atoms with Crippen LogP contribution in [0.25, 0.3) is 0 Å². The first-order valence-corrected chi connectivity index (χ1v) is 7.06. The molecule has 1 N–H and O–H groups in total. The van der Waals surface area contributed by atoms with E-state index < -0.39 is 0 Å². The van der Waals surface area contributed by atoms with Crippen molar-refractivity contribution in [3.63, 3.8) is 0 Å². The van der Waals surface area contributed by atoms with E-state index in [1.54, 1.807) is 0 Å². The van der Waals surface area contributed by atoms with E-state index in [0.29, 0.717) is 0 Å². The van der Waals surface area contributed by atoms with Crippen molar-refractivity contribution in [2.75, 3.05) is 0 Å². The summed E-state index contributed by atoms with van der Waals surface area (Å²) in [5, 5.41) is 7.78. The Balaban J connectivity index is 2.03. The van der Waals surface area contributed by atoms with Gasteiger partial charge in [0.2, 0.25) is 0 Å². The maximum atomic E-state index is 4.25. The van der Waals surface area contributed by atoms with Gasteiger partial charge in [0.15, 0.2) is 0 Å². The Labute approximate surface area is 113 Å². The molecule has 0 bridgehead atoms. The highest BCUT2D eigenvalue weighted by molar-refractivity contribution is 7.12. The highest BCUT2D eigenvalue weighted by atomic mass is 32.1. The second-order valence-electron chi connectivity index (χ2n) is 5.60. The fraction of sp³-hybridized carbons (Fsp3) is 0.500. The molecule has 2 rings (SSSR count). The molecule has 0 amide bonds. The minimum Gasteiger partial charge on any atom is -0.307 e. The average Bonchev–Trinajstić information content (AvgIpc) is 2.86. The average molecular weight is 263 g/mol. The van der Waals surface area contributed by atoms with Gasteiger partial charge < -0.3 is 5.32 Å². The van der Waals surface area contributed by atoms with Crippen LogP contribution in [0.15, 0.2) is 24.5 Å². The van der Waals surface area contributed by atoms with Crippen molar-refractivity contribution in [1.29, 1.82) is 0 Å². The summed E-state index contributed by atoms with van der Waals surface area (Å²) in [5.41, 5.74) is 1.54. The third kappa shape index (κ3) is 3.68. The zero-order valence-corrected chi connectivity index (χ0v) is 12.3. The maximum absolute atomic E-state index is 4.25. The molecule has 0 saturated carbocycles. The monoisotopic (exact) mass is 263 g/mol. The van der Waals surface area contributed by atoms with E-state index in [-0.39, 0.29) is 5.54 Å². The molecule has 18 heavy (non-hydrogen) atoms. The molecule has 0 spiro atoms. The molecule has 0 fully saturated rings. The van der Waals surface area contributed by atoms with Gasteiger partial charge in [-0.1, -0.05) is 0 Å². The van der Waals surface area contributed by atoms with Gasteiger partial charge in [0.05, 0.1) is 6.54 Å².